The predicted molar refractivity (Wildman–Crippen MR) is 125 cm³/mol. The number of hydrogen-bond acceptors (Lipinski definition) is 4. The molecule has 0 aromatic heterocycles. The van der Waals surface area contributed by atoms with E-state index in [9.17, 15) is 9.90 Å². The maximum atomic E-state index is 11.8. The van der Waals surface area contributed by atoms with E-state index in [1.165, 1.54) is 23.3 Å². The van der Waals surface area contributed by atoms with Gasteiger partial charge in [0.25, 0.3) is 0 Å². The molecule has 0 spiro atoms. The summed E-state index contributed by atoms with van der Waals surface area (Å²) in [6.07, 6.45) is 13.5. The monoisotopic (exact) mass is 442 g/mol. The molecule has 5 aliphatic rings. The van der Waals surface area contributed by atoms with Crippen molar-refractivity contribution in [3.63, 3.8) is 0 Å². The lowest BCUT2D eigenvalue weighted by atomic mass is 9.44. The molecule has 32 heavy (non-hydrogen) atoms. The lowest BCUT2D eigenvalue weighted by molar-refractivity contribution is -0.160. The Balaban J connectivity index is 1.45. The van der Waals surface area contributed by atoms with Crippen molar-refractivity contribution in [3.8, 4) is 0 Å². The zero-order valence-corrected chi connectivity index (χ0v) is 20.5. The van der Waals surface area contributed by atoms with Crippen LogP contribution >= 0.6 is 0 Å². The van der Waals surface area contributed by atoms with Crippen molar-refractivity contribution >= 4 is 5.97 Å². The molecule has 4 heteroatoms. The zero-order chi connectivity index (χ0) is 22.7. The molecule has 0 heterocycles. The summed E-state index contributed by atoms with van der Waals surface area (Å²) < 4.78 is 12.3. The van der Waals surface area contributed by atoms with Gasteiger partial charge >= 0.3 is 5.97 Å². The molecule has 3 unspecified atom stereocenters. The maximum absolute atomic E-state index is 11.8. The minimum Gasteiger partial charge on any atom is -0.491 e. The Morgan fingerprint density at radius 2 is 2.00 bits per heavy atom. The fraction of sp³-hybridized carbons (Fsp3) is 0.821. The lowest BCUT2D eigenvalue weighted by Crippen LogP contribution is -2.56. The molecule has 0 bridgehead atoms. The third kappa shape index (κ3) is 3.30. The van der Waals surface area contributed by atoms with Gasteiger partial charge in [0, 0.05) is 24.2 Å². The van der Waals surface area contributed by atoms with Gasteiger partial charge in [0.2, 0.25) is 0 Å². The first kappa shape index (κ1) is 22.5. The molecule has 5 rings (SSSR count). The van der Waals surface area contributed by atoms with E-state index >= 15 is 0 Å². The average Bonchev–Trinajstić information content (AvgIpc) is 3.38. The first-order valence-electron chi connectivity index (χ1n) is 13.1. The number of rotatable bonds is 4. The second-order valence-electron chi connectivity index (χ2n) is 11.9. The molecule has 0 radical (unpaired) electrons. The summed E-state index contributed by atoms with van der Waals surface area (Å²) in [5.41, 5.74) is 2.93. The molecule has 3 saturated carbocycles. The zero-order valence-electron chi connectivity index (χ0n) is 20.5. The highest BCUT2D eigenvalue weighted by molar-refractivity contribution is 5.66. The summed E-state index contributed by atoms with van der Waals surface area (Å²) in [5, 5.41) is 10.9. The Hall–Kier alpha value is -1.29. The quantitative estimate of drug-likeness (QED) is 0.432. The number of hydrogen-bond donors (Lipinski definition) is 1. The first-order chi connectivity index (χ1) is 15.3. The number of esters is 1. The number of aliphatic hydroxyl groups excluding tert-OH is 1. The van der Waals surface area contributed by atoms with Gasteiger partial charge in [-0.2, -0.15) is 0 Å². The number of carbonyl (C=O) groups is 1. The topological polar surface area (TPSA) is 55.8 Å². The number of ether oxygens (including phenoxy) is 2. The third-order valence-corrected chi connectivity index (χ3v) is 10.4. The highest BCUT2D eigenvalue weighted by Gasteiger charge is 2.63. The van der Waals surface area contributed by atoms with Crippen molar-refractivity contribution in [2.24, 2.45) is 34.5 Å². The second kappa shape index (κ2) is 8.18. The predicted octanol–water partition coefficient (Wildman–Crippen LogP) is 5.94. The van der Waals surface area contributed by atoms with E-state index in [1.54, 1.807) is 6.92 Å². The van der Waals surface area contributed by atoms with Crippen LogP contribution in [0.15, 0.2) is 23.0 Å². The molecule has 0 saturated heterocycles. The van der Waals surface area contributed by atoms with Gasteiger partial charge in [-0.1, -0.05) is 19.4 Å². The molecule has 5 aliphatic carbocycles. The fourth-order valence-corrected chi connectivity index (χ4v) is 8.92. The van der Waals surface area contributed by atoms with Gasteiger partial charge < -0.3 is 14.6 Å². The van der Waals surface area contributed by atoms with Gasteiger partial charge in [-0.05, 0) is 100 Å². The van der Waals surface area contributed by atoms with Crippen molar-refractivity contribution in [1.29, 1.82) is 0 Å². The Bertz CT molecular complexity index is 827. The maximum Gasteiger partial charge on any atom is 0.302 e. The van der Waals surface area contributed by atoms with Crippen molar-refractivity contribution in [2.75, 3.05) is 6.61 Å². The second-order valence-corrected chi connectivity index (χ2v) is 11.9. The fourth-order valence-electron chi connectivity index (χ4n) is 8.92. The Labute approximate surface area is 193 Å². The minimum absolute atomic E-state index is 0.0609. The van der Waals surface area contributed by atoms with Crippen LogP contribution in [0.5, 0.6) is 0 Å². The van der Waals surface area contributed by atoms with Crippen LogP contribution in [0.3, 0.4) is 0 Å². The highest BCUT2D eigenvalue weighted by atomic mass is 16.5. The summed E-state index contributed by atoms with van der Waals surface area (Å²) in [5.74, 6) is 3.36. The molecule has 3 fully saturated rings. The van der Waals surface area contributed by atoms with Crippen LogP contribution in [-0.2, 0) is 14.3 Å². The van der Waals surface area contributed by atoms with Crippen molar-refractivity contribution in [2.45, 2.75) is 104 Å². The van der Waals surface area contributed by atoms with E-state index in [0.717, 1.165) is 57.8 Å². The summed E-state index contributed by atoms with van der Waals surface area (Å²) in [6.45, 7) is 8.91. The highest BCUT2D eigenvalue weighted by Crippen LogP contribution is 2.67. The van der Waals surface area contributed by atoms with Crippen LogP contribution in [0.1, 0.15) is 91.9 Å². The molecular weight excluding hydrogens is 400 g/mol. The van der Waals surface area contributed by atoms with E-state index in [0.29, 0.717) is 23.7 Å². The number of allylic oxidation sites excluding steroid dienone is 2. The molecule has 1 N–H and O–H groups in total. The van der Waals surface area contributed by atoms with Gasteiger partial charge in [0.05, 0.1) is 12.4 Å². The smallest absolute Gasteiger partial charge is 0.302 e. The molecule has 8 atom stereocenters. The number of carbonyl (C=O) groups excluding carboxylic acids is 1. The molecule has 4 nitrogen and oxygen atoms in total. The Kier molecular flexibility index (Phi) is 5.75. The van der Waals surface area contributed by atoms with Gasteiger partial charge in [-0.15, -0.1) is 0 Å². The standard InChI is InChI=1S/C28H42O4/c1-17-15-23-18(2)24(32-20-7-5-6-8-20)12-14-28(23,16-29)22-11-13-27(4)21(26(17)22)9-10-25(27)31-19(3)30/h7,17,21-22,24-26,29H,5-6,8-16H2,1-4H3/t17?,21-,22+,24?,25?,26-,27-,28-/m0/s1. The van der Waals surface area contributed by atoms with Gasteiger partial charge in [-0.25, -0.2) is 0 Å². The molecule has 0 aromatic rings. The van der Waals surface area contributed by atoms with Gasteiger partial charge in [-0.3, -0.25) is 4.79 Å². The van der Waals surface area contributed by atoms with E-state index in [4.69, 9.17) is 9.47 Å². The van der Waals surface area contributed by atoms with E-state index in [2.05, 4.69) is 26.8 Å². The number of aliphatic hydroxyl groups is 1. The Morgan fingerprint density at radius 1 is 1.19 bits per heavy atom. The van der Waals surface area contributed by atoms with Crippen molar-refractivity contribution in [1.82, 2.24) is 0 Å². The molecular formula is C28H42O4. The van der Waals surface area contributed by atoms with Crippen LogP contribution in [0, 0.1) is 34.5 Å². The molecule has 0 aliphatic heterocycles. The largest absolute Gasteiger partial charge is 0.491 e. The van der Waals surface area contributed by atoms with Crippen molar-refractivity contribution < 1.29 is 19.4 Å². The van der Waals surface area contributed by atoms with E-state index in [-0.39, 0.29) is 35.6 Å². The summed E-state index contributed by atoms with van der Waals surface area (Å²) in [6, 6.07) is 0. The van der Waals surface area contributed by atoms with Crippen LogP contribution < -0.4 is 0 Å². The minimum atomic E-state index is -0.140. The average molecular weight is 443 g/mol. The first-order valence-corrected chi connectivity index (χ1v) is 13.1. The number of fused-ring (bicyclic) bond motifs is 5. The van der Waals surface area contributed by atoms with Crippen LogP contribution in [0.4, 0.5) is 0 Å². The van der Waals surface area contributed by atoms with Gasteiger partial charge in [0.15, 0.2) is 0 Å². The summed E-state index contributed by atoms with van der Waals surface area (Å²) in [4.78, 5) is 11.8. The molecule has 0 aromatic carbocycles. The van der Waals surface area contributed by atoms with Crippen LogP contribution in [-0.4, -0.2) is 29.9 Å². The SMILES string of the molecule is CC(=O)OC1CC[C@H]2[C@@H]3C(C)CC4=C(C)C(OC5=CCCC5)CC[C@]4(CO)[C@@H]3CC[C@]12C. The van der Waals surface area contributed by atoms with Gasteiger partial charge in [0.1, 0.15) is 12.2 Å². The molecule has 178 valence electrons. The van der Waals surface area contributed by atoms with E-state index in [1.807, 2.05) is 0 Å². The summed E-state index contributed by atoms with van der Waals surface area (Å²) in [7, 11) is 0. The summed E-state index contributed by atoms with van der Waals surface area (Å²) >= 11 is 0. The molecule has 0 amide bonds. The lowest BCUT2D eigenvalue weighted by Gasteiger charge is -2.61. The van der Waals surface area contributed by atoms with Crippen LogP contribution in [0.2, 0.25) is 0 Å². The Morgan fingerprint density at radius 3 is 2.69 bits per heavy atom. The third-order valence-electron chi connectivity index (χ3n) is 10.4. The van der Waals surface area contributed by atoms with Crippen LogP contribution in [0.25, 0.3) is 0 Å². The normalized spacial score (nSPS) is 45.6. The van der Waals surface area contributed by atoms with Crippen molar-refractivity contribution in [3.05, 3.63) is 23.0 Å². The van der Waals surface area contributed by atoms with E-state index < -0.39 is 0 Å².